The van der Waals surface area contributed by atoms with E-state index in [9.17, 15) is 9.59 Å². The molecule has 0 aromatic heterocycles. The van der Waals surface area contributed by atoms with Crippen LogP contribution in [0.25, 0.3) is 0 Å². The minimum atomic E-state index is -2.30. The van der Waals surface area contributed by atoms with Crippen LogP contribution in [0.4, 0.5) is 0 Å². The van der Waals surface area contributed by atoms with E-state index >= 15 is 0 Å². The van der Waals surface area contributed by atoms with Crippen molar-refractivity contribution in [1.29, 1.82) is 0 Å². The second-order valence-electron chi connectivity index (χ2n) is 9.45. The van der Waals surface area contributed by atoms with Gasteiger partial charge in [0.05, 0.1) is 0 Å². The summed E-state index contributed by atoms with van der Waals surface area (Å²) in [5, 5.41) is 4.04. The second kappa shape index (κ2) is 9.70. The van der Waals surface area contributed by atoms with Crippen molar-refractivity contribution < 1.29 is 18.8 Å². The van der Waals surface area contributed by atoms with Gasteiger partial charge in [0.2, 0.25) is 5.91 Å². The zero-order valence-electron chi connectivity index (χ0n) is 18.8. The van der Waals surface area contributed by atoms with Crippen molar-refractivity contribution in [3.63, 3.8) is 0 Å². The third-order valence-corrected chi connectivity index (χ3v) is 10.0. The molecule has 0 saturated carbocycles. The van der Waals surface area contributed by atoms with Crippen molar-refractivity contribution in [3.05, 3.63) is 33.4 Å². The maximum Gasteiger partial charge on any atom is 0.358 e. The number of hydrazone groups is 1. The third kappa shape index (κ3) is 7.82. The fraction of sp³-hybridized carbons (Fsp3) is 0.571. The Kier molecular flexibility index (Phi) is 8.62. The molecular formula is C21H33IN2O4Si. The van der Waals surface area contributed by atoms with Crippen molar-refractivity contribution in [2.75, 3.05) is 0 Å². The van der Waals surface area contributed by atoms with E-state index < -0.39 is 26.0 Å². The van der Waals surface area contributed by atoms with E-state index in [0.29, 0.717) is 0 Å². The number of halogens is 1. The van der Waals surface area contributed by atoms with Gasteiger partial charge < -0.3 is 9.16 Å². The van der Waals surface area contributed by atoms with Crippen LogP contribution in [0.5, 0.6) is 0 Å². The lowest BCUT2D eigenvalue weighted by molar-refractivity contribution is -0.146. The van der Waals surface area contributed by atoms with Gasteiger partial charge in [-0.2, -0.15) is 5.10 Å². The molecule has 0 heterocycles. The Balaban J connectivity index is 3.59. The molecule has 6 nitrogen and oxygen atoms in total. The average molecular weight is 532 g/mol. The largest absolute Gasteiger partial charge is 0.455 e. The molecule has 1 atom stereocenters. The van der Waals surface area contributed by atoms with Crippen LogP contribution in [0, 0.1) is 3.57 Å². The van der Waals surface area contributed by atoms with Gasteiger partial charge in [-0.3, -0.25) is 4.79 Å². The molecular weight excluding hydrogens is 499 g/mol. The standard InChI is InChI=1S/C21H33IN2O4Si/c1-14(25)23-24-17(19(26)27-20(2,3)4)18(15-12-10-11-13-16(15)22)28-29(8,9)21(5,6)7/h10-13,18H,1-9H3,(H,23,25)/b24-17-. The van der Waals surface area contributed by atoms with E-state index in [1.54, 1.807) is 20.8 Å². The topological polar surface area (TPSA) is 77.0 Å². The smallest absolute Gasteiger partial charge is 0.358 e. The number of amides is 1. The van der Waals surface area contributed by atoms with Gasteiger partial charge in [0.15, 0.2) is 14.0 Å². The molecule has 0 fully saturated rings. The molecule has 1 N–H and O–H groups in total. The molecule has 0 bridgehead atoms. The van der Waals surface area contributed by atoms with E-state index in [2.05, 4.69) is 67.0 Å². The van der Waals surface area contributed by atoms with Crippen molar-refractivity contribution >= 4 is 48.5 Å². The number of carbonyl (C=O) groups is 2. The van der Waals surface area contributed by atoms with E-state index in [-0.39, 0.29) is 16.7 Å². The van der Waals surface area contributed by atoms with Crippen LogP contribution in [0.1, 0.15) is 60.1 Å². The Morgan fingerprint density at radius 3 is 2.10 bits per heavy atom. The SMILES string of the molecule is CC(=O)N/N=C(\C(=O)OC(C)(C)C)C(O[Si](C)(C)C(C)(C)C)c1ccccc1I. The maximum atomic E-state index is 13.1. The summed E-state index contributed by atoms with van der Waals surface area (Å²) in [5.74, 6) is -0.991. The summed E-state index contributed by atoms with van der Waals surface area (Å²) >= 11 is 2.22. The van der Waals surface area contributed by atoms with Gasteiger partial charge in [-0.05, 0) is 73.1 Å². The van der Waals surface area contributed by atoms with Crippen LogP contribution in [0.3, 0.4) is 0 Å². The maximum absolute atomic E-state index is 13.1. The highest BCUT2D eigenvalue weighted by Gasteiger charge is 2.43. The summed E-state index contributed by atoms with van der Waals surface area (Å²) in [6.07, 6.45) is -0.759. The second-order valence-corrected chi connectivity index (χ2v) is 15.4. The summed E-state index contributed by atoms with van der Waals surface area (Å²) in [6, 6.07) is 7.67. The third-order valence-electron chi connectivity index (χ3n) is 4.60. The summed E-state index contributed by atoms with van der Waals surface area (Å²) in [6.45, 7) is 17.3. The van der Waals surface area contributed by atoms with Crippen molar-refractivity contribution in [2.24, 2.45) is 5.10 Å². The fourth-order valence-electron chi connectivity index (χ4n) is 2.11. The van der Waals surface area contributed by atoms with Gasteiger partial charge in [-0.25, -0.2) is 10.2 Å². The number of benzene rings is 1. The predicted octanol–water partition coefficient (Wildman–Crippen LogP) is 5.19. The Morgan fingerprint density at radius 1 is 1.10 bits per heavy atom. The van der Waals surface area contributed by atoms with Crippen LogP contribution in [-0.4, -0.2) is 31.5 Å². The van der Waals surface area contributed by atoms with Crippen LogP contribution < -0.4 is 5.43 Å². The fourth-order valence-corrected chi connectivity index (χ4v) is 3.96. The van der Waals surface area contributed by atoms with Crippen molar-refractivity contribution in [3.8, 4) is 0 Å². The van der Waals surface area contributed by atoms with Gasteiger partial charge >= 0.3 is 5.97 Å². The number of hydrogen-bond acceptors (Lipinski definition) is 5. The van der Waals surface area contributed by atoms with Crippen LogP contribution >= 0.6 is 22.6 Å². The number of nitrogens with zero attached hydrogens (tertiary/aromatic N) is 1. The van der Waals surface area contributed by atoms with Crippen LogP contribution in [0.2, 0.25) is 18.1 Å². The molecule has 0 aliphatic heterocycles. The van der Waals surface area contributed by atoms with Gasteiger partial charge in [-0.15, -0.1) is 0 Å². The van der Waals surface area contributed by atoms with Gasteiger partial charge in [0.1, 0.15) is 11.7 Å². The number of nitrogens with one attached hydrogen (secondary N) is 1. The first-order valence-corrected chi connectivity index (χ1v) is 13.5. The number of rotatable bonds is 6. The van der Waals surface area contributed by atoms with Crippen LogP contribution in [-0.2, 0) is 18.8 Å². The molecule has 8 heteroatoms. The summed E-state index contributed by atoms with van der Waals surface area (Å²) in [4.78, 5) is 24.6. The number of carbonyl (C=O) groups excluding carboxylic acids is 2. The summed E-state index contributed by atoms with van der Waals surface area (Å²) in [7, 11) is -2.30. The molecule has 0 aliphatic rings. The molecule has 1 rings (SSSR count). The number of esters is 1. The zero-order valence-corrected chi connectivity index (χ0v) is 22.0. The van der Waals surface area contributed by atoms with Crippen molar-refractivity contribution in [2.45, 2.75) is 78.3 Å². The molecule has 1 aromatic rings. The molecule has 0 radical (unpaired) electrons. The predicted molar refractivity (Wildman–Crippen MR) is 127 cm³/mol. The van der Waals surface area contributed by atoms with Gasteiger partial charge in [0.25, 0.3) is 0 Å². The average Bonchev–Trinajstić information content (AvgIpc) is 2.51. The Hall–Kier alpha value is -1.26. The first-order chi connectivity index (χ1) is 13.0. The lowest BCUT2D eigenvalue weighted by atomic mass is 10.0. The molecule has 1 unspecified atom stereocenters. The molecule has 0 aliphatic carbocycles. The minimum absolute atomic E-state index is 0.0315. The highest BCUT2D eigenvalue weighted by molar-refractivity contribution is 14.1. The summed E-state index contributed by atoms with van der Waals surface area (Å²) in [5.41, 5.74) is 2.52. The van der Waals surface area contributed by atoms with Crippen molar-refractivity contribution in [1.82, 2.24) is 5.43 Å². The zero-order chi connectivity index (χ0) is 22.6. The van der Waals surface area contributed by atoms with E-state index in [1.807, 2.05) is 24.3 Å². The Bertz CT molecular complexity index is 780. The lowest BCUT2D eigenvalue weighted by Gasteiger charge is -2.39. The Labute approximate surface area is 189 Å². The first-order valence-electron chi connectivity index (χ1n) is 9.55. The molecule has 162 valence electrons. The normalized spacial score (nSPS) is 14.3. The monoisotopic (exact) mass is 532 g/mol. The van der Waals surface area contributed by atoms with E-state index in [1.165, 1.54) is 6.92 Å². The van der Waals surface area contributed by atoms with Gasteiger partial charge in [-0.1, -0.05) is 39.0 Å². The van der Waals surface area contributed by atoms with E-state index in [0.717, 1.165) is 9.13 Å². The molecule has 29 heavy (non-hydrogen) atoms. The number of hydrogen-bond donors (Lipinski definition) is 1. The molecule has 1 amide bonds. The summed E-state index contributed by atoms with van der Waals surface area (Å²) < 4.78 is 13.2. The minimum Gasteiger partial charge on any atom is -0.455 e. The Morgan fingerprint density at radius 2 is 1.66 bits per heavy atom. The quantitative estimate of drug-likeness (QED) is 0.180. The molecule has 0 spiro atoms. The molecule has 0 saturated heterocycles. The van der Waals surface area contributed by atoms with Gasteiger partial charge in [0, 0.05) is 10.5 Å². The first kappa shape index (κ1) is 25.8. The lowest BCUT2D eigenvalue weighted by Crippen LogP contribution is -2.45. The van der Waals surface area contributed by atoms with Crippen LogP contribution in [0.15, 0.2) is 29.4 Å². The number of ether oxygens (including phenoxy) is 1. The highest BCUT2D eigenvalue weighted by Crippen LogP contribution is 2.41. The highest BCUT2D eigenvalue weighted by atomic mass is 127. The van der Waals surface area contributed by atoms with E-state index in [4.69, 9.17) is 9.16 Å². The molecule has 1 aromatic carbocycles.